The van der Waals surface area contributed by atoms with Gasteiger partial charge in [-0.25, -0.2) is 0 Å². The van der Waals surface area contributed by atoms with Crippen LogP contribution >= 0.6 is 7.26 Å². The number of benzene rings is 4. The fraction of sp³-hybridized carbons (Fsp3) is 0.0357. The molecule has 0 fully saturated rings. The number of halogens is 1. The van der Waals surface area contributed by atoms with Gasteiger partial charge in [0.1, 0.15) is 15.9 Å². The second kappa shape index (κ2) is 10.0. The number of hydrogen-bond acceptors (Lipinski definition) is 3. The zero-order chi connectivity index (χ0) is 21.8. The number of nitrogens with zero attached hydrogens (tertiary/aromatic N) is 1. The van der Waals surface area contributed by atoms with Gasteiger partial charge < -0.3 is 22.1 Å². The molecule has 5 rings (SSSR count). The van der Waals surface area contributed by atoms with Gasteiger partial charge in [0.15, 0.2) is 7.26 Å². The van der Waals surface area contributed by atoms with E-state index in [0.29, 0.717) is 11.8 Å². The van der Waals surface area contributed by atoms with Gasteiger partial charge in [-0.2, -0.15) is 4.98 Å². The van der Waals surface area contributed by atoms with Gasteiger partial charge in [0.25, 0.3) is 11.3 Å². The molecule has 0 bridgehead atoms. The zero-order valence-corrected chi connectivity index (χ0v) is 19.9. The highest BCUT2D eigenvalue weighted by atomic mass is 35.5. The highest BCUT2D eigenvalue weighted by molar-refractivity contribution is 8.01. The molecule has 0 amide bonds. The normalized spacial score (nSPS) is 10.9. The maximum atomic E-state index is 6.33. The molecule has 0 unspecified atom stereocenters. The van der Waals surface area contributed by atoms with Crippen molar-refractivity contribution in [3.05, 3.63) is 121 Å². The third-order valence-electron chi connectivity index (χ3n) is 5.61. The Morgan fingerprint density at radius 2 is 1.00 bits per heavy atom. The maximum Gasteiger partial charge on any atom is 0.261 e. The number of hydrogen-bond donors (Lipinski definition) is 1. The lowest BCUT2D eigenvalue weighted by molar-refractivity contribution is -0.00000675. The van der Waals surface area contributed by atoms with Crippen molar-refractivity contribution in [1.29, 1.82) is 0 Å². The molecule has 4 aromatic carbocycles. The van der Waals surface area contributed by atoms with E-state index in [2.05, 4.69) is 96.3 Å². The van der Waals surface area contributed by atoms with Crippen LogP contribution in [0.1, 0.15) is 0 Å². The van der Waals surface area contributed by atoms with E-state index in [1.165, 1.54) is 15.9 Å². The monoisotopic (exact) mass is 470 g/mol. The minimum absolute atomic E-state index is 0. The van der Waals surface area contributed by atoms with Gasteiger partial charge in [0.2, 0.25) is 5.89 Å². The van der Waals surface area contributed by atoms with Crippen molar-refractivity contribution in [2.24, 2.45) is 0 Å². The van der Waals surface area contributed by atoms with Crippen LogP contribution in [0, 0.1) is 0 Å². The first kappa shape index (κ1) is 22.8. The molecular formula is C28H24ClN2OP. The summed E-state index contributed by atoms with van der Waals surface area (Å²) in [5.74, 6) is 1.32. The molecule has 0 aliphatic carbocycles. The first-order chi connectivity index (χ1) is 15.8. The van der Waals surface area contributed by atoms with Gasteiger partial charge in [-0.15, -0.1) is 0 Å². The molecule has 3 nitrogen and oxygen atoms in total. The molecule has 0 spiro atoms. The predicted octanol–water partition coefficient (Wildman–Crippen LogP) is 2.01. The number of rotatable bonds is 6. The van der Waals surface area contributed by atoms with Crippen molar-refractivity contribution >= 4 is 34.5 Å². The van der Waals surface area contributed by atoms with Gasteiger partial charge in [0.05, 0.1) is 0 Å². The van der Waals surface area contributed by atoms with Crippen molar-refractivity contribution < 1.29 is 16.8 Å². The summed E-state index contributed by atoms with van der Waals surface area (Å²) in [4.78, 5) is 5.17. The van der Waals surface area contributed by atoms with Gasteiger partial charge >= 0.3 is 0 Å². The standard InChI is InChI=1S/C28H24N2OP.ClH/c1-29-27-28(30-26(31-27)22-14-6-2-7-15-22)32(23-16-8-3-9-17-23,24-18-10-4-11-19-24)25-20-12-5-13-21-25;/h2-21,29H,1H3;1H/q+1;/p-1. The van der Waals surface area contributed by atoms with E-state index in [1.807, 2.05) is 37.4 Å². The summed E-state index contributed by atoms with van der Waals surface area (Å²) in [6.45, 7) is 0. The Bertz CT molecular complexity index is 1200. The van der Waals surface area contributed by atoms with Crippen LogP contribution in [0.15, 0.2) is 126 Å². The molecule has 1 heterocycles. The molecule has 0 saturated carbocycles. The molecule has 5 aromatic rings. The molecule has 0 saturated heterocycles. The molecule has 0 radical (unpaired) electrons. The molecule has 0 atom stereocenters. The first-order valence-electron chi connectivity index (χ1n) is 10.6. The van der Waals surface area contributed by atoms with Crippen LogP contribution in [0.25, 0.3) is 11.5 Å². The van der Waals surface area contributed by atoms with Gasteiger partial charge in [-0.05, 0) is 48.5 Å². The largest absolute Gasteiger partial charge is 1.00 e. The average Bonchev–Trinajstić information content (AvgIpc) is 3.32. The molecule has 1 aromatic heterocycles. The number of oxazole rings is 1. The molecule has 5 heteroatoms. The Hall–Kier alpha value is -3.39. The Labute approximate surface area is 201 Å². The Morgan fingerprint density at radius 3 is 1.39 bits per heavy atom. The number of anilines is 1. The van der Waals surface area contributed by atoms with Crippen LogP contribution in [0.3, 0.4) is 0 Å². The highest BCUT2D eigenvalue weighted by Gasteiger charge is 2.52. The average molecular weight is 471 g/mol. The maximum absolute atomic E-state index is 6.33. The fourth-order valence-corrected chi connectivity index (χ4v) is 8.36. The summed E-state index contributed by atoms with van der Waals surface area (Å²) in [5, 5.41) is 7.01. The van der Waals surface area contributed by atoms with Crippen LogP contribution < -0.4 is 39.1 Å². The number of nitrogens with one attached hydrogen (secondary N) is 1. The van der Waals surface area contributed by atoms with Gasteiger partial charge in [-0.1, -0.05) is 72.8 Å². The summed E-state index contributed by atoms with van der Waals surface area (Å²) in [6, 6.07) is 42.2. The third kappa shape index (κ3) is 4.06. The van der Waals surface area contributed by atoms with Crippen molar-refractivity contribution in [3.8, 4) is 11.5 Å². The highest BCUT2D eigenvalue weighted by Crippen LogP contribution is 2.55. The van der Waals surface area contributed by atoms with Crippen molar-refractivity contribution in [3.63, 3.8) is 0 Å². The molecule has 0 aliphatic rings. The smallest absolute Gasteiger partial charge is 0.261 e. The quantitative estimate of drug-likeness (QED) is 0.386. The SMILES string of the molecule is CNc1oc(-c2ccccc2)nc1[P+](c1ccccc1)(c1ccccc1)c1ccccc1.[Cl-]. The minimum Gasteiger partial charge on any atom is -1.00 e. The van der Waals surface area contributed by atoms with Crippen LogP contribution in [0.4, 0.5) is 5.88 Å². The van der Waals surface area contributed by atoms with E-state index in [9.17, 15) is 0 Å². The third-order valence-corrected chi connectivity index (χ3v) is 9.76. The molecule has 164 valence electrons. The van der Waals surface area contributed by atoms with Crippen molar-refractivity contribution in [2.75, 3.05) is 12.4 Å². The Kier molecular flexibility index (Phi) is 6.93. The first-order valence-corrected chi connectivity index (χ1v) is 12.4. The lowest BCUT2D eigenvalue weighted by Gasteiger charge is -2.25. The lowest BCUT2D eigenvalue weighted by atomic mass is 10.2. The topological polar surface area (TPSA) is 38.1 Å². The second-order valence-corrected chi connectivity index (χ2v) is 10.8. The summed E-state index contributed by atoms with van der Waals surface area (Å²) >= 11 is 0. The van der Waals surface area contributed by atoms with E-state index in [0.717, 1.165) is 11.0 Å². The van der Waals surface area contributed by atoms with E-state index < -0.39 is 7.26 Å². The Balaban J connectivity index is 0.00000259. The fourth-order valence-electron chi connectivity index (χ4n) is 4.18. The number of aromatic nitrogens is 1. The van der Waals surface area contributed by atoms with E-state index >= 15 is 0 Å². The molecule has 33 heavy (non-hydrogen) atoms. The zero-order valence-electron chi connectivity index (χ0n) is 18.2. The van der Waals surface area contributed by atoms with Crippen LogP contribution in [0.5, 0.6) is 0 Å². The van der Waals surface area contributed by atoms with E-state index in [1.54, 1.807) is 0 Å². The summed E-state index contributed by atoms with van der Waals surface area (Å²) < 4.78 is 6.33. The Morgan fingerprint density at radius 1 is 0.606 bits per heavy atom. The minimum atomic E-state index is -2.33. The summed E-state index contributed by atoms with van der Waals surface area (Å²) in [6.07, 6.45) is 0. The van der Waals surface area contributed by atoms with Crippen LogP contribution in [-0.4, -0.2) is 12.0 Å². The van der Waals surface area contributed by atoms with E-state index in [-0.39, 0.29) is 12.4 Å². The van der Waals surface area contributed by atoms with Crippen LogP contribution in [0.2, 0.25) is 0 Å². The van der Waals surface area contributed by atoms with Gasteiger partial charge in [0, 0.05) is 12.6 Å². The van der Waals surface area contributed by atoms with Crippen molar-refractivity contribution in [2.45, 2.75) is 0 Å². The lowest BCUT2D eigenvalue weighted by Crippen LogP contribution is -3.00. The molecule has 0 aliphatic heterocycles. The van der Waals surface area contributed by atoms with Crippen molar-refractivity contribution in [1.82, 2.24) is 4.98 Å². The van der Waals surface area contributed by atoms with Gasteiger partial charge in [-0.3, -0.25) is 0 Å². The second-order valence-electron chi connectivity index (χ2n) is 7.47. The van der Waals surface area contributed by atoms with Crippen LogP contribution in [-0.2, 0) is 0 Å². The summed E-state index contributed by atoms with van der Waals surface area (Å²) in [7, 11) is -0.429. The predicted molar refractivity (Wildman–Crippen MR) is 136 cm³/mol. The molecular weight excluding hydrogens is 447 g/mol. The summed E-state index contributed by atoms with van der Waals surface area (Å²) in [5.41, 5.74) is 1.91. The molecule has 1 N–H and O–H groups in total. The van der Waals surface area contributed by atoms with E-state index in [4.69, 9.17) is 9.40 Å².